The number of guanidine groups is 1. The first-order valence-corrected chi connectivity index (χ1v) is 10.5. The van der Waals surface area contributed by atoms with Gasteiger partial charge < -0.3 is 48.5 Å². The molecule has 0 aliphatic heterocycles. The topological polar surface area (TPSA) is 255 Å². The molecule has 5 unspecified atom stereocenters. The quantitative estimate of drug-likeness (QED) is 0.0636. The zero-order chi connectivity index (χ0) is 25.7. The number of nitrogens with two attached hydrogens (primary N) is 3. The van der Waals surface area contributed by atoms with Gasteiger partial charge in [-0.05, 0) is 32.1 Å². The standard InChI is InChI=1S/C19H37N7O7/c1-9(2)7-11(20)15(29)24-12(5-4-6-23-19(21)22)16(30)26-14(10(3)28)17(31)25-13(8-27)18(32)33/h9-14,27-28H,4-8,20H2,1-3H3,(H,24,29)(H,25,31)(H,26,30)(H,32,33)(H4,21,22,23). The maximum atomic E-state index is 12.9. The number of carboxylic acids is 1. The molecule has 0 aliphatic rings. The normalized spacial score (nSPS) is 15.5. The summed E-state index contributed by atoms with van der Waals surface area (Å²) >= 11 is 0. The van der Waals surface area contributed by atoms with Crippen LogP contribution in [0.5, 0.6) is 0 Å². The third-order valence-electron chi connectivity index (χ3n) is 4.50. The molecule has 0 spiro atoms. The Morgan fingerprint density at radius 2 is 1.52 bits per heavy atom. The molecule has 0 saturated carbocycles. The van der Waals surface area contributed by atoms with Gasteiger partial charge in [0.2, 0.25) is 17.7 Å². The highest BCUT2D eigenvalue weighted by Crippen LogP contribution is 2.06. The molecule has 0 aromatic rings. The van der Waals surface area contributed by atoms with E-state index in [1.807, 2.05) is 19.2 Å². The van der Waals surface area contributed by atoms with Crippen molar-refractivity contribution >= 4 is 29.7 Å². The number of carboxylic acid groups (broad SMARTS) is 1. The minimum Gasteiger partial charge on any atom is -0.480 e. The molecule has 0 radical (unpaired) electrons. The second-order valence-electron chi connectivity index (χ2n) is 8.05. The highest BCUT2D eigenvalue weighted by atomic mass is 16.4. The average Bonchev–Trinajstić information content (AvgIpc) is 2.70. The monoisotopic (exact) mass is 475 g/mol. The Bertz CT molecular complexity index is 696. The highest BCUT2D eigenvalue weighted by molar-refractivity contribution is 5.94. The fraction of sp³-hybridized carbons (Fsp3) is 0.737. The molecule has 33 heavy (non-hydrogen) atoms. The van der Waals surface area contributed by atoms with Crippen molar-refractivity contribution in [1.29, 1.82) is 0 Å². The number of rotatable bonds is 15. The summed E-state index contributed by atoms with van der Waals surface area (Å²) in [6.07, 6.45) is -0.647. The molecule has 0 bridgehead atoms. The largest absolute Gasteiger partial charge is 0.480 e. The molecular weight excluding hydrogens is 438 g/mol. The first kappa shape index (κ1) is 30.0. The molecule has 12 N–H and O–H groups in total. The maximum Gasteiger partial charge on any atom is 0.328 e. The number of carbonyl (C=O) groups is 4. The van der Waals surface area contributed by atoms with Gasteiger partial charge >= 0.3 is 5.97 Å². The number of aliphatic hydroxyl groups is 2. The second-order valence-corrected chi connectivity index (χ2v) is 8.05. The van der Waals surface area contributed by atoms with Gasteiger partial charge in [-0.25, -0.2) is 4.79 Å². The lowest BCUT2D eigenvalue weighted by molar-refractivity contribution is -0.144. The van der Waals surface area contributed by atoms with Gasteiger partial charge in [0.25, 0.3) is 0 Å². The van der Waals surface area contributed by atoms with Gasteiger partial charge in [-0.15, -0.1) is 0 Å². The molecule has 0 aromatic heterocycles. The van der Waals surface area contributed by atoms with E-state index in [1.54, 1.807) is 0 Å². The third kappa shape index (κ3) is 12.0. The fourth-order valence-corrected chi connectivity index (χ4v) is 2.77. The molecule has 0 saturated heterocycles. The number of nitrogens with zero attached hydrogens (tertiary/aromatic N) is 1. The van der Waals surface area contributed by atoms with Crippen molar-refractivity contribution in [3.05, 3.63) is 0 Å². The van der Waals surface area contributed by atoms with Crippen molar-refractivity contribution in [2.45, 2.75) is 70.3 Å². The van der Waals surface area contributed by atoms with Crippen LogP contribution in [0.3, 0.4) is 0 Å². The van der Waals surface area contributed by atoms with Crippen LogP contribution in [0.4, 0.5) is 0 Å². The van der Waals surface area contributed by atoms with Crippen molar-refractivity contribution in [3.63, 3.8) is 0 Å². The van der Waals surface area contributed by atoms with Crippen LogP contribution in [-0.4, -0.2) is 88.4 Å². The molecular formula is C19H37N7O7. The minimum atomic E-state index is -1.63. The predicted molar refractivity (Wildman–Crippen MR) is 120 cm³/mol. The number of hydrogen-bond acceptors (Lipinski definition) is 8. The van der Waals surface area contributed by atoms with E-state index < -0.39 is 60.6 Å². The zero-order valence-electron chi connectivity index (χ0n) is 19.2. The molecule has 190 valence electrons. The minimum absolute atomic E-state index is 0.0886. The van der Waals surface area contributed by atoms with E-state index in [1.165, 1.54) is 6.92 Å². The van der Waals surface area contributed by atoms with Gasteiger partial charge in [-0.2, -0.15) is 0 Å². The fourth-order valence-electron chi connectivity index (χ4n) is 2.77. The van der Waals surface area contributed by atoms with Crippen LogP contribution in [0, 0.1) is 5.92 Å². The van der Waals surface area contributed by atoms with Gasteiger partial charge in [0.05, 0.1) is 18.8 Å². The predicted octanol–water partition coefficient (Wildman–Crippen LogP) is -3.67. The lowest BCUT2D eigenvalue weighted by Gasteiger charge is -2.26. The average molecular weight is 476 g/mol. The Balaban J connectivity index is 5.44. The van der Waals surface area contributed by atoms with E-state index >= 15 is 0 Å². The van der Waals surface area contributed by atoms with Gasteiger partial charge in [0.15, 0.2) is 5.96 Å². The summed E-state index contributed by atoms with van der Waals surface area (Å²) in [4.78, 5) is 52.5. The first-order chi connectivity index (χ1) is 15.3. The van der Waals surface area contributed by atoms with Gasteiger partial charge in [0.1, 0.15) is 18.1 Å². The third-order valence-corrected chi connectivity index (χ3v) is 4.50. The number of aliphatic carboxylic acids is 1. The van der Waals surface area contributed by atoms with Crippen LogP contribution in [0.25, 0.3) is 0 Å². The van der Waals surface area contributed by atoms with E-state index in [0.29, 0.717) is 12.8 Å². The van der Waals surface area contributed by atoms with Crippen LogP contribution in [0.15, 0.2) is 4.99 Å². The van der Waals surface area contributed by atoms with Crippen molar-refractivity contribution in [1.82, 2.24) is 16.0 Å². The van der Waals surface area contributed by atoms with Crippen LogP contribution >= 0.6 is 0 Å². The van der Waals surface area contributed by atoms with E-state index in [-0.39, 0.29) is 24.8 Å². The van der Waals surface area contributed by atoms with E-state index in [4.69, 9.17) is 27.4 Å². The molecule has 3 amide bonds. The Kier molecular flexibility index (Phi) is 13.6. The number of aliphatic imine (C=N–C) groups is 1. The molecule has 14 heteroatoms. The van der Waals surface area contributed by atoms with Crippen molar-refractivity contribution in [2.24, 2.45) is 28.1 Å². The molecule has 0 aromatic carbocycles. The smallest absolute Gasteiger partial charge is 0.328 e. The van der Waals surface area contributed by atoms with Crippen LogP contribution in [-0.2, 0) is 19.2 Å². The number of nitrogens with one attached hydrogen (secondary N) is 3. The van der Waals surface area contributed by atoms with E-state index in [9.17, 15) is 24.3 Å². The van der Waals surface area contributed by atoms with Crippen molar-refractivity contribution in [2.75, 3.05) is 13.2 Å². The van der Waals surface area contributed by atoms with Crippen LogP contribution < -0.4 is 33.2 Å². The van der Waals surface area contributed by atoms with Crippen molar-refractivity contribution in [3.8, 4) is 0 Å². The maximum absolute atomic E-state index is 12.9. The summed E-state index contributed by atoms with van der Waals surface area (Å²) in [7, 11) is 0. The number of hydrogen-bond donors (Lipinski definition) is 9. The highest BCUT2D eigenvalue weighted by Gasteiger charge is 2.32. The summed E-state index contributed by atoms with van der Waals surface area (Å²) < 4.78 is 0. The molecule has 0 fully saturated rings. The van der Waals surface area contributed by atoms with Gasteiger partial charge in [-0.1, -0.05) is 13.8 Å². The SMILES string of the molecule is CC(C)CC(N)C(=O)NC(CCCN=C(N)N)C(=O)NC(C(=O)NC(CO)C(=O)O)C(C)O. The molecule has 5 atom stereocenters. The number of amides is 3. The van der Waals surface area contributed by atoms with Gasteiger partial charge in [0, 0.05) is 6.54 Å². The molecule has 0 aliphatic carbocycles. The summed E-state index contributed by atoms with van der Waals surface area (Å²) in [5.41, 5.74) is 16.4. The summed E-state index contributed by atoms with van der Waals surface area (Å²) in [6.45, 7) is 4.27. The first-order valence-electron chi connectivity index (χ1n) is 10.5. The zero-order valence-corrected chi connectivity index (χ0v) is 19.2. The van der Waals surface area contributed by atoms with Crippen LogP contribution in [0.1, 0.15) is 40.0 Å². The van der Waals surface area contributed by atoms with Crippen LogP contribution in [0.2, 0.25) is 0 Å². The molecule has 0 rings (SSSR count). The Hall–Kier alpha value is -2.97. The van der Waals surface area contributed by atoms with E-state index in [0.717, 1.165) is 0 Å². The summed E-state index contributed by atoms with van der Waals surface area (Å²) in [5, 5.41) is 34.8. The number of carbonyl (C=O) groups excluding carboxylic acids is 3. The summed E-state index contributed by atoms with van der Waals surface area (Å²) in [5.74, 6) is -3.90. The van der Waals surface area contributed by atoms with E-state index in [2.05, 4.69) is 15.6 Å². The number of aliphatic hydroxyl groups excluding tert-OH is 2. The molecule has 0 heterocycles. The van der Waals surface area contributed by atoms with Crippen molar-refractivity contribution < 1.29 is 34.5 Å². The lowest BCUT2D eigenvalue weighted by Crippen LogP contribution is -2.60. The Morgan fingerprint density at radius 1 is 0.939 bits per heavy atom. The summed E-state index contributed by atoms with van der Waals surface area (Å²) in [6, 6.07) is -5.17. The second kappa shape index (κ2) is 15.0. The van der Waals surface area contributed by atoms with Gasteiger partial charge in [-0.3, -0.25) is 19.4 Å². The molecule has 14 nitrogen and oxygen atoms in total. The Labute approximate surface area is 192 Å². The Morgan fingerprint density at radius 3 is 1.97 bits per heavy atom. The lowest BCUT2D eigenvalue weighted by atomic mass is 10.0.